The molecule has 2 atom stereocenters. The van der Waals surface area contributed by atoms with E-state index in [2.05, 4.69) is 20.7 Å². The van der Waals surface area contributed by atoms with Crippen molar-refractivity contribution in [3.05, 3.63) is 50.6 Å². The van der Waals surface area contributed by atoms with Crippen LogP contribution in [0.25, 0.3) is 0 Å². The first-order chi connectivity index (χ1) is 10.0. The Morgan fingerprint density at radius 3 is 2.67 bits per heavy atom. The van der Waals surface area contributed by atoms with Gasteiger partial charge in [-0.15, -0.1) is 11.3 Å². The highest BCUT2D eigenvalue weighted by Gasteiger charge is 2.41. The summed E-state index contributed by atoms with van der Waals surface area (Å²) in [4.78, 5) is 1.13. The van der Waals surface area contributed by atoms with E-state index < -0.39 is 10.0 Å². The number of rotatable bonds is 5. The lowest BCUT2D eigenvalue weighted by molar-refractivity contribution is 0.580. The van der Waals surface area contributed by atoms with Gasteiger partial charge in [-0.3, -0.25) is 0 Å². The molecule has 1 saturated carbocycles. The number of hydrogen-bond acceptors (Lipinski definition) is 4. The normalized spacial score (nSPS) is 21.4. The van der Waals surface area contributed by atoms with Crippen molar-refractivity contribution in [2.45, 2.75) is 29.8 Å². The van der Waals surface area contributed by atoms with Crippen molar-refractivity contribution in [1.29, 1.82) is 0 Å². The van der Waals surface area contributed by atoms with Crippen molar-refractivity contribution in [3.63, 3.8) is 0 Å². The number of nitrogens with one attached hydrogen (secondary N) is 1. The van der Waals surface area contributed by atoms with Crippen LogP contribution in [0.15, 0.2) is 45.1 Å². The molecule has 1 fully saturated rings. The van der Waals surface area contributed by atoms with E-state index in [0.29, 0.717) is 10.3 Å². The molecule has 2 aromatic rings. The summed E-state index contributed by atoms with van der Waals surface area (Å²) in [6.07, 6.45) is 0.842. The highest BCUT2D eigenvalue weighted by atomic mass is 79.9. The summed E-state index contributed by atoms with van der Waals surface area (Å²) >= 11 is 4.67. The van der Waals surface area contributed by atoms with Crippen LogP contribution in [0, 0.1) is 0 Å². The minimum Gasteiger partial charge on any atom is -0.326 e. The molecule has 1 aliphatic rings. The fraction of sp³-hybridized carbons (Fsp3) is 0.286. The molecule has 1 aromatic heterocycles. The summed E-state index contributed by atoms with van der Waals surface area (Å²) in [6, 6.07) is 11.6. The molecular weight excluding hydrogens is 372 g/mol. The zero-order chi connectivity index (χ0) is 15.0. The van der Waals surface area contributed by atoms with Crippen molar-refractivity contribution < 1.29 is 8.42 Å². The van der Waals surface area contributed by atoms with Crippen LogP contribution < -0.4 is 10.5 Å². The number of thiophene rings is 1. The van der Waals surface area contributed by atoms with Crippen LogP contribution in [0.2, 0.25) is 0 Å². The van der Waals surface area contributed by atoms with Crippen LogP contribution in [0.3, 0.4) is 0 Å². The summed E-state index contributed by atoms with van der Waals surface area (Å²) in [5, 5.41) is 0. The summed E-state index contributed by atoms with van der Waals surface area (Å²) in [6.45, 7) is 0.342. The van der Waals surface area contributed by atoms with Gasteiger partial charge in [0.25, 0.3) is 0 Å². The molecule has 1 aliphatic carbocycles. The molecule has 0 amide bonds. The quantitative estimate of drug-likeness (QED) is 0.829. The molecule has 0 aliphatic heterocycles. The molecule has 0 bridgehead atoms. The van der Waals surface area contributed by atoms with Crippen molar-refractivity contribution in [3.8, 4) is 0 Å². The minimum atomic E-state index is -3.50. The van der Waals surface area contributed by atoms with Crippen LogP contribution in [-0.2, 0) is 16.6 Å². The Balaban J connectivity index is 1.75. The van der Waals surface area contributed by atoms with Crippen LogP contribution in [-0.4, -0.2) is 14.5 Å². The van der Waals surface area contributed by atoms with Crippen molar-refractivity contribution in [2.24, 2.45) is 5.73 Å². The van der Waals surface area contributed by atoms with Crippen LogP contribution in [0.1, 0.15) is 22.8 Å². The van der Waals surface area contributed by atoms with Crippen molar-refractivity contribution in [2.75, 3.05) is 0 Å². The zero-order valence-electron chi connectivity index (χ0n) is 11.1. The minimum absolute atomic E-state index is 0.0227. The summed E-state index contributed by atoms with van der Waals surface area (Å²) in [5.74, 6) is 0.271. The standard InChI is InChI=1S/C14H15BrN2O2S2/c15-14-13(6-10(8-16)20-14)21(18,19)17-12-7-11(12)9-4-2-1-3-5-9/h1-6,11-12,17H,7-8,16H2. The van der Waals surface area contributed by atoms with E-state index in [1.807, 2.05) is 30.3 Å². The number of benzene rings is 1. The third-order valence-electron chi connectivity index (χ3n) is 3.52. The topological polar surface area (TPSA) is 72.2 Å². The molecule has 7 heteroatoms. The van der Waals surface area contributed by atoms with Crippen LogP contribution in [0.4, 0.5) is 0 Å². The van der Waals surface area contributed by atoms with Crippen LogP contribution >= 0.6 is 27.3 Å². The Bertz CT molecular complexity index is 744. The molecule has 3 N–H and O–H groups in total. The Morgan fingerprint density at radius 1 is 1.33 bits per heavy atom. The van der Waals surface area contributed by atoms with Gasteiger partial charge in [0.2, 0.25) is 10.0 Å². The second kappa shape index (κ2) is 5.81. The van der Waals surface area contributed by atoms with E-state index in [9.17, 15) is 8.42 Å². The van der Waals surface area contributed by atoms with Gasteiger partial charge in [-0.2, -0.15) is 0 Å². The fourth-order valence-electron chi connectivity index (χ4n) is 2.34. The third kappa shape index (κ3) is 3.22. The van der Waals surface area contributed by atoms with E-state index in [1.54, 1.807) is 6.07 Å². The predicted molar refractivity (Wildman–Crippen MR) is 87.8 cm³/mol. The molecule has 4 nitrogen and oxygen atoms in total. The van der Waals surface area contributed by atoms with E-state index in [1.165, 1.54) is 16.9 Å². The average Bonchev–Trinajstić information content (AvgIpc) is 3.10. The van der Waals surface area contributed by atoms with E-state index in [0.717, 1.165) is 11.3 Å². The van der Waals surface area contributed by atoms with Gasteiger partial charge >= 0.3 is 0 Å². The molecule has 0 spiro atoms. The molecule has 112 valence electrons. The number of sulfonamides is 1. The molecular formula is C14H15BrN2O2S2. The van der Waals surface area contributed by atoms with Gasteiger partial charge in [-0.1, -0.05) is 30.3 Å². The van der Waals surface area contributed by atoms with Gasteiger partial charge in [-0.05, 0) is 34.0 Å². The summed E-state index contributed by atoms with van der Waals surface area (Å²) in [5.41, 5.74) is 6.74. The van der Waals surface area contributed by atoms with E-state index in [-0.39, 0.29) is 16.9 Å². The lowest BCUT2D eigenvalue weighted by atomic mass is 10.1. The highest BCUT2D eigenvalue weighted by Crippen LogP contribution is 2.42. The van der Waals surface area contributed by atoms with Gasteiger partial charge in [0.15, 0.2) is 0 Å². The van der Waals surface area contributed by atoms with Gasteiger partial charge in [-0.25, -0.2) is 13.1 Å². The van der Waals surface area contributed by atoms with Gasteiger partial charge in [0.05, 0.1) is 3.79 Å². The molecule has 0 saturated heterocycles. The maximum atomic E-state index is 12.4. The molecule has 1 aromatic carbocycles. The first kappa shape index (κ1) is 15.2. The van der Waals surface area contributed by atoms with Gasteiger partial charge in [0.1, 0.15) is 4.90 Å². The van der Waals surface area contributed by atoms with Gasteiger partial charge in [0, 0.05) is 23.4 Å². The maximum Gasteiger partial charge on any atom is 0.242 e. The second-order valence-electron chi connectivity index (χ2n) is 5.04. The van der Waals surface area contributed by atoms with Crippen LogP contribution in [0.5, 0.6) is 0 Å². The fourth-order valence-corrected chi connectivity index (χ4v) is 6.19. The third-order valence-corrected chi connectivity index (χ3v) is 7.29. The summed E-state index contributed by atoms with van der Waals surface area (Å²) in [7, 11) is -3.50. The molecule has 21 heavy (non-hydrogen) atoms. The Labute approximate surface area is 136 Å². The predicted octanol–water partition coefficient (Wildman–Crippen LogP) is 2.80. The first-order valence-electron chi connectivity index (χ1n) is 6.57. The molecule has 1 heterocycles. The van der Waals surface area contributed by atoms with Crippen molar-refractivity contribution >= 4 is 37.3 Å². The highest BCUT2D eigenvalue weighted by molar-refractivity contribution is 9.11. The summed E-state index contributed by atoms with van der Waals surface area (Å²) < 4.78 is 28.3. The number of halogens is 1. The monoisotopic (exact) mass is 386 g/mol. The zero-order valence-corrected chi connectivity index (χ0v) is 14.3. The molecule has 2 unspecified atom stereocenters. The molecule has 3 rings (SSSR count). The SMILES string of the molecule is NCc1cc(S(=O)(=O)NC2CC2c2ccccc2)c(Br)s1. The maximum absolute atomic E-state index is 12.4. The largest absolute Gasteiger partial charge is 0.326 e. The first-order valence-corrected chi connectivity index (χ1v) is 9.66. The Morgan fingerprint density at radius 2 is 2.05 bits per heavy atom. The lowest BCUT2D eigenvalue weighted by Crippen LogP contribution is -2.26. The second-order valence-corrected chi connectivity index (χ2v) is 9.17. The Kier molecular flexibility index (Phi) is 4.20. The molecule has 0 radical (unpaired) electrons. The van der Waals surface area contributed by atoms with Gasteiger partial charge < -0.3 is 5.73 Å². The van der Waals surface area contributed by atoms with E-state index in [4.69, 9.17) is 5.73 Å². The Hall–Kier alpha value is -0.730. The number of nitrogens with two attached hydrogens (primary N) is 1. The van der Waals surface area contributed by atoms with Crippen molar-refractivity contribution in [1.82, 2.24) is 4.72 Å². The average molecular weight is 387 g/mol. The number of hydrogen-bond donors (Lipinski definition) is 2. The lowest BCUT2D eigenvalue weighted by Gasteiger charge is -2.05. The van der Waals surface area contributed by atoms with E-state index >= 15 is 0 Å². The smallest absolute Gasteiger partial charge is 0.242 e.